The monoisotopic (exact) mass is 418 g/mol. The highest BCUT2D eigenvalue weighted by Gasteiger charge is 2.34. The molecule has 2 aromatic carbocycles. The van der Waals surface area contributed by atoms with E-state index in [0.717, 1.165) is 19.3 Å². The van der Waals surface area contributed by atoms with Gasteiger partial charge in [-0.1, -0.05) is 69.3 Å². The summed E-state index contributed by atoms with van der Waals surface area (Å²) in [5.74, 6) is -1.15. The number of carbonyl (C=O) groups is 1. The van der Waals surface area contributed by atoms with Crippen molar-refractivity contribution in [3.8, 4) is 0 Å². The summed E-state index contributed by atoms with van der Waals surface area (Å²) in [7, 11) is 0. The predicted octanol–water partition coefficient (Wildman–Crippen LogP) is 5.60. The molecule has 1 aromatic heterocycles. The van der Waals surface area contributed by atoms with Crippen LogP contribution in [0.5, 0.6) is 0 Å². The van der Waals surface area contributed by atoms with Gasteiger partial charge in [0.05, 0.1) is 5.92 Å². The van der Waals surface area contributed by atoms with E-state index in [9.17, 15) is 9.90 Å². The van der Waals surface area contributed by atoms with Crippen LogP contribution in [0.25, 0.3) is 10.9 Å². The van der Waals surface area contributed by atoms with Crippen LogP contribution in [0.2, 0.25) is 0 Å². The van der Waals surface area contributed by atoms with Gasteiger partial charge in [-0.3, -0.25) is 4.79 Å². The molecule has 31 heavy (non-hydrogen) atoms. The average Bonchev–Trinajstić information content (AvgIpc) is 3.04. The molecule has 0 amide bonds. The van der Waals surface area contributed by atoms with Crippen molar-refractivity contribution < 1.29 is 9.90 Å². The van der Waals surface area contributed by atoms with E-state index >= 15 is 0 Å². The van der Waals surface area contributed by atoms with Gasteiger partial charge in [0.2, 0.25) is 0 Å². The fourth-order valence-electron chi connectivity index (χ4n) is 5.05. The lowest BCUT2D eigenvalue weighted by Gasteiger charge is -2.31. The summed E-state index contributed by atoms with van der Waals surface area (Å²) in [6.07, 6.45) is 3.01. The zero-order valence-electron chi connectivity index (χ0n) is 19.1. The molecule has 0 radical (unpaired) electrons. The van der Waals surface area contributed by atoms with E-state index < -0.39 is 11.9 Å². The first-order chi connectivity index (χ1) is 14.8. The third-order valence-corrected chi connectivity index (χ3v) is 6.87. The van der Waals surface area contributed by atoms with Gasteiger partial charge in [-0.15, -0.1) is 0 Å². The lowest BCUT2D eigenvalue weighted by Crippen LogP contribution is -2.37. The first-order valence-corrected chi connectivity index (χ1v) is 11.4. The molecule has 4 heteroatoms. The van der Waals surface area contributed by atoms with Crippen LogP contribution in [-0.2, 0) is 24.2 Å². The molecule has 0 spiro atoms. The second-order valence-corrected chi connectivity index (χ2v) is 10.0. The Labute approximate surface area is 185 Å². The summed E-state index contributed by atoms with van der Waals surface area (Å²) < 4.78 is 2.30. The zero-order chi connectivity index (χ0) is 22.2. The lowest BCUT2D eigenvalue weighted by molar-refractivity contribution is -0.146. The van der Waals surface area contributed by atoms with Crippen molar-refractivity contribution in [1.82, 2.24) is 9.88 Å². The van der Waals surface area contributed by atoms with Gasteiger partial charge in [0, 0.05) is 35.2 Å². The smallest absolute Gasteiger partial charge is 0.308 e. The van der Waals surface area contributed by atoms with Gasteiger partial charge in [-0.2, -0.15) is 0 Å². The normalized spacial score (nSPS) is 18.5. The van der Waals surface area contributed by atoms with E-state index in [2.05, 4.69) is 71.4 Å². The minimum absolute atomic E-state index is 0.298. The van der Waals surface area contributed by atoms with Crippen LogP contribution in [0.1, 0.15) is 57.0 Å². The highest BCUT2D eigenvalue weighted by molar-refractivity contribution is 5.86. The number of carboxylic acids is 1. The van der Waals surface area contributed by atoms with Crippen LogP contribution in [-0.4, -0.2) is 21.7 Å². The van der Waals surface area contributed by atoms with E-state index in [1.807, 2.05) is 20.8 Å². The summed E-state index contributed by atoms with van der Waals surface area (Å²) >= 11 is 0. The summed E-state index contributed by atoms with van der Waals surface area (Å²) in [6.45, 7) is 8.82. The maximum atomic E-state index is 12.1. The number of aliphatic carboxylic acids is 1. The Hall–Kier alpha value is -2.59. The number of para-hydroxylation sites is 1. The molecule has 0 bridgehead atoms. The number of benzene rings is 2. The molecular formula is C27H34N2O2. The van der Waals surface area contributed by atoms with Gasteiger partial charge < -0.3 is 15.0 Å². The predicted molar refractivity (Wildman–Crippen MR) is 126 cm³/mol. The minimum Gasteiger partial charge on any atom is -0.481 e. The van der Waals surface area contributed by atoms with Crippen molar-refractivity contribution >= 4 is 16.9 Å². The average molecular weight is 419 g/mol. The molecule has 0 aliphatic heterocycles. The summed E-state index contributed by atoms with van der Waals surface area (Å²) in [6, 6.07) is 19.8. The van der Waals surface area contributed by atoms with Crippen LogP contribution < -0.4 is 5.32 Å². The molecule has 0 fully saturated rings. The number of hydrogen-bond acceptors (Lipinski definition) is 2. The van der Waals surface area contributed by atoms with Crippen LogP contribution in [0.4, 0.5) is 0 Å². The van der Waals surface area contributed by atoms with Crippen molar-refractivity contribution in [2.45, 2.75) is 65.6 Å². The standard InChI is InChI=1S/C27H34N2O2/c1-18(19-10-6-5-7-11-19)28-20-14-15-25-22(16-20)21-12-8-9-13-24(21)29(25)17-23(26(30)31)27(2,3)4/h5-13,18,20,23,28H,14-17H2,1-4H3,(H,30,31). The van der Waals surface area contributed by atoms with Gasteiger partial charge in [-0.05, 0) is 48.8 Å². The molecule has 4 nitrogen and oxygen atoms in total. The molecule has 0 saturated carbocycles. The fourth-order valence-corrected chi connectivity index (χ4v) is 5.05. The van der Waals surface area contributed by atoms with Gasteiger partial charge in [-0.25, -0.2) is 0 Å². The lowest BCUT2D eigenvalue weighted by atomic mass is 9.80. The number of aromatic nitrogens is 1. The van der Waals surface area contributed by atoms with Crippen molar-refractivity contribution in [2.75, 3.05) is 0 Å². The topological polar surface area (TPSA) is 54.3 Å². The molecule has 1 heterocycles. The van der Waals surface area contributed by atoms with Gasteiger partial charge in [0.1, 0.15) is 0 Å². The third kappa shape index (κ3) is 4.40. The van der Waals surface area contributed by atoms with Crippen LogP contribution in [0.15, 0.2) is 54.6 Å². The molecule has 2 N–H and O–H groups in total. The second kappa shape index (κ2) is 8.51. The van der Waals surface area contributed by atoms with E-state index in [1.165, 1.54) is 27.7 Å². The van der Waals surface area contributed by atoms with Gasteiger partial charge in [0.25, 0.3) is 0 Å². The van der Waals surface area contributed by atoms with E-state index in [4.69, 9.17) is 0 Å². The molecule has 1 aliphatic rings. The molecule has 4 rings (SSSR count). The Bertz CT molecular complexity index is 1060. The van der Waals surface area contributed by atoms with E-state index in [1.54, 1.807) is 0 Å². The van der Waals surface area contributed by atoms with Crippen molar-refractivity contribution in [3.05, 3.63) is 71.4 Å². The van der Waals surface area contributed by atoms with Crippen LogP contribution in [0.3, 0.4) is 0 Å². The number of rotatable bonds is 6. The molecule has 3 unspecified atom stereocenters. The molecule has 3 atom stereocenters. The number of carboxylic acid groups (broad SMARTS) is 1. The fraction of sp³-hybridized carbons (Fsp3) is 0.444. The highest BCUT2D eigenvalue weighted by Crippen LogP contribution is 2.36. The Morgan fingerprint density at radius 2 is 1.81 bits per heavy atom. The number of nitrogens with one attached hydrogen (secondary N) is 1. The van der Waals surface area contributed by atoms with E-state index in [0.29, 0.717) is 18.6 Å². The van der Waals surface area contributed by atoms with E-state index in [-0.39, 0.29) is 5.41 Å². The van der Waals surface area contributed by atoms with Crippen LogP contribution in [0, 0.1) is 11.3 Å². The first-order valence-electron chi connectivity index (χ1n) is 11.4. The summed E-state index contributed by atoms with van der Waals surface area (Å²) in [4.78, 5) is 12.1. The molecule has 0 saturated heterocycles. The molecule has 1 aliphatic carbocycles. The van der Waals surface area contributed by atoms with Gasteiger partial charge >= 0.3 is 5.97 Å². The Morgan fingerprint density at radius 3 is 2.48 bits per heavy atom. The maximum Gasteiger partial charge on any atom is 0.308 e. The molecule has 3 aromatic rings. The Kier molecular flexibility index (Phi) is 5.94. The van der Waals surface area contributed by atoms with Crippen molar-refractivity contribution in [3.63, 3.8) is 0 Å². The largest absolute Gasteiger partial charge is 0.481 e. The maximum absolute atomic E-state index is 12.1. The highest BCUT2D eigenvalue weighted by atomic mass is 16.4. The molecule has 164 valence electrons. The molecular weight excluding hydrogens is 384 g/mol. The zero-order valence-corrected chi connectivity index (χ0v) is 19.1. The van der Waals surface area contributed by atoms with Crippen LogP contribution >= 0.6 is 0 Å². The number of hydrogen-bond donors (Lipinski definition) is 2. The quantitative estimate of drug-likeness (QED) is 0.548. The summed E-state index contributed by atoms with van der Waals surface area (Å²) in [5, 5.41) is 15.0. The Morgan fingerprint density at radius 1 is 1.13 bits per heavy atom. The van der Waals surface area contributed by atoms with Crippen molar-refractivity contribution in [1.29, 1.82) is 0 Å². The first kappa shape index (κ1) is 21.6. The minimum atomic E-state index is -0.717. The second-order valence-electron chi connectivity index (χ2n) is 10.0. The Balaban J connectivity index is 1.64. The SMILES string of the molecule is CC(NC1CCc2c(c3ccccc3n2CC(C(=O)O)C(C)(C)C)C1)c1ccccc1. The third-order valence-electron chi connectivity index (χ3n) is 6.87. The van der Waals surface area contributed by atoms with Crippen molar-refractivity contribution in [2.24, 2.45) is 11.3 Å². The number of fused-ring (bicyclic) bond motifs is 3. The number of nitrogens with zero attached hydrogens (tertiary/aromatic N) is 1. The summed E-state index contributed by atoms with van der Waals surface area (Å²) in [5.41, 5.74) is 4.89. The van der Waals surface area contributed by atoms with Gasteiger partial charge in [0.15, 0.2) is 0 Å².